The normalized spacial score (nSPS) is 10.8. The van der Waals surface area contributed by atoms with Gasteiger partial charge >= 0.3 is 5.97 Å². The van der Waals surface area contributed by atoms with Gasteiger partial charge in [-0.15, -0.1) is 0 Å². The summed E-state index contributed by atoms with van der Waals surface area (Å²) in [5, 5.41) is 0. The van der Waals surface area contributed by atoms with Crippen molar-refractivity contribution in [3.8, 4) is 5.75 Å². The Morgan fingerprint density at radius 2 is 1.67 bits per heavy atom. The van der Waals surface area contributed by atoms with Crippen LogP contribution in [0.1, 0.15) is 62.6 Å². The highest BCUT2D eigenvalue weighted by Gasteiger charge is 2.26. The molecule has 0 aliphatic carbocycles. The SMILES string of the molecule is CCOC(=O)c1c(C)c(C(=O)COc2cc(C)cc(C)c2C)c(C)n1CC. The van der Waals surface area contributed by atoms with E-state index in [0.29, 0.717) is 30.0 Å². The van der Waals surface area contributed by atoms with E-state index in [1.54, 1.807) is 13.8 Å². The fraction of sp³-hybridized carbons (Fsp3) is 0.455. The highest BCUT2D eigenvalue weighted by Crippen LogP contribution is 2.26. The van der Waals surface area contributed by atoms with E-state index in [4.69, 9.17) is 9.47 Å². The Bertz CT molecular complexity index is 877. The molecule has 0 aliphatic rings. The average molecular weight is 371 g/mol. The molecule has 0 spiro atoms. The topological polar surface area (TPSA) is 57.5 Å². The number of hydrogen-bond donors (Lipinski definition) is 0. The molecule has 0 aliphatic heterocycles. The van der Waals surface area contributed by atoms with Gasteiger partial charge in [-0.25, -0.2) is 4.79 Å². The highest BCUT2D eigenvalue weighted by atomic mass is 16.5. The summed E-state index contributed by atoms with van der Waals surface area (Å²) in [4.78, 5) is 25.3. The minimum atomic E-state index is -0.398. The van der Waals surface area contributed by atoms with Crippen LogP contribution in [0.3, 0.4) is 0 Å². The molecule has 27 heavy (non-hydrogen) atoms. The average Bonchev–Trinajstić information content (AvgIpc) is 2.86. The quantitative estimate of drug-likeness (QED) is 0.531. The number of nitrogens with zero attached hydrogens (tertiary/aromatic N) is 1. The van der Waals surface area contributed by atoms with Crippen molar-refractivity contribution in [2.75, 3.05) is 13.2 Å². The smallest absolute Gasteiger partial charge is 0.355 e. The second-order valence-electron chi connectivity index (χ2n) is 6.82. The van der Waals surface area contributed by atoms with E-state index < -0.39 is 5.97 Å². The van der Waals surface area contributed by atoms with Crippen molar-refractivity contribution < 1.29 is 19.1 Å². The molecule has 0 radical (unpaired) electrons. The molecule has 1 aromatic carbocycles. The van der Waals surface area contributed by atoms with E-state index in [2.05, 4.69) is 6.07 Å². The molecule has 1 heterocycles. The largest absolute Gasteiger partial charge is 0.485 e. The van der Waals surface area contributed by atoms with Gasteiger partial charge in [-0.2, -0.15) is 0 Å². The molecule has 1 aromatic heterocycles. The lowest BCUT2D eigenvalue weighted by Crippen LogP contribution is -2.14. The van der Waals surface area contributed by atoms with Gasteiger partial charge in [0.1, 0.15) is 11.4 Å². The summed E-state index contributed by atoms with van der Waals surface area (Å²) in [5.74, 6) is 0.183. The molecule has 0 N–H and O–H groups in total. The maximum Gasteiger partial charge on any atom is 0.355 e. The molecule has 0 bridgehead atoms. The minimum Gasteiger partial charge on any atom is -0.485 e. The van der Waals surface area contributed by atoms with Crippen molar-refractivity contribution in [2.24, 2.45) is 0 Å². The second-order valence-corrected chi connectivity index (χ2v) is 6.82. The highest BCUT2D eigenvalue weighted by molar-refractivity contribution is 6.03. The molecule has 0 saturated heterocycles. The van der Waals surface area contributed by atoms with E-state index in [9.17, 15) is 9.59 Å². The van der Waals surface area contributed by atoms with E-state index in [0.717, 1.165) is 28.1 Å². The van der Waals surface area contributed by atoms with E-state index >= 15 is 0 Å². The van der Waals surface area contributed by atoms with E-state index in [1.807, 2.05) is 45.3 Å². The van der Waals surface area contributed by atoms with Crippen LogP contribution in [0, 0.1) is 34.6 Å². The number of ketones is 1. The molecule has 0 atom stereocenters. The molecule has 0 saturated carbocycles. The van der Waals surface area contributed by atoms with Crippen molar-refractivity contribution >= 4 is 11.8 Å². The van der Waals surface area contributed by atoms with Gasteiger partial charge in [0.25, 0.3) is 0 Å². The predicted octanol–water partition coefficient (Wildman–Crippen LogP) is 4.49. The van der Waals surface area contributed by atoms with Crippen LogP contribution < -0.4 is 4.74 Å². The summed E-state index contributed by atoms with van der Waals surface area (Å²) in [6.07, 6.45) is 0. The first-order valence-corrected chi connectivity index (χ1v) is 9.33. The number of aromatic nitrogens is 1. The third kappa shape index (κ3) is 4.07. The summed E-state index contributed by atoms with van der Waals surface area (Å²) >= 11 is 0. The first kappa shape index (κ1) is 20.7. The van der Waals surface area contributed by atoms with Crippen LogP contribution in [0.25, 0.3) is 0 Å². The Labute approximate surface area is 161 Å². The molecule has 0 fully saturated rings. The van der Waals surface area contributed by atoms with Gasteiger partial charge in [0, 0.05) is 17.8 Å². The van der Waals surface area contributed by atoms with E-state index in [1.165, 1.54) is 0 Å². The van der Waals surface area contributed by atoms with Gasteiger partial charge in [0.05, 0.1) is 6.61 Å². The lowest BCUT2D eigenvalue weighted by molar-refractivity contribution is 0.0512. The first-order chi connectivity index (χ1) is 12.7. The van der Waals surface area contributed by atoms with Gasteiger partial charge in [-0.1, -0.05) is 6.07 Å². The summed E-state index contributed by atoms with van der Waals surface area (Å²) < 4.78 is 12.8. The zero-order valence-electron chi connectivity index (χ0n) is 17.4. The number of rotatable bonds is 7. The number of carbonyl (C=O) groups is 2. The fourth-order valence-corrected chi connectivity index (χ4v) is 3.53. The molecule has 2 aromatic rings. The maximum atomic E-state index is 12.9. The van der Waals surface area contributed by atoms with Crippen LogP contribution in [0.15, 0.2) is 12.1 Å². The van der Waals surface area contributed by atoms with Crippen molar-refractivity contribution in [1.82, 2.24) is 4.57 Å². The van der Waals surface area contributed by atoms with Gasteiger partial charge in [-0.3, -0.25) is 4.79 Å². The molecule has 5 nitrogen and oxygen atoms in total. The second kappa shape index (κ2) is 8.42. The molecule has 2 rings (SSSR count). The van der Waals surface area contributed by atoms with Crippen LogP contribution in [0.4, 0.5) is 0 Å². The number of aryl methyl sites for hydroxylation is 2. The van der Waals surface area contributed by atoms with Gasteiger partial charge < -0.3 is 14.0 Å². The monoisotopic (exact) mass is 371 g/mol. The summed E-state index contributed by atoms with van der Waals surface area (Å²) in [5.41, 5.74) is 5.66. The Morgan fingerprint density at radius 3 is 2.26 bits per heavy atom. The summed E-state index contributed by atoms with van der Waals surface area (Å²) in [6, 6.07) is 4.03. The lowest BCUT2D eigenvalue weighted by Gasteiger charge is -2.12. The van der Waals surface area contributed by atoms with Crippen molar-refractivity contribution in [2.45, 2.75) is 55.0 Å². The maximum absolute atomic E-state index is 12.9. The molecule has 0 amide bonds. The van der Waals surface area contributed by atoms with Gasteiger partial charge in [0.15, 0.2) is 6.61 Å². The summed E-state index contributed by atoms with van der Waals surface area (Å²) in [6.45, 7) is 14.2. The number of benzene rings is 1. The van der Waals surface area contributed by atoms with Crippen LogP contribution in [-0.2, 0) is 11.3 Å². The van der Waals surface area contributed by atoms with Crippen molar-refractivity contribution in [3.63, 3.8) is 0 Å². The van der Waals surface area contributed by atoms with Crippen molar-refractivity contribution in [3.05, 3.63) is 51.3 Å². The van der Waals surface area contributed by atoms with Gasteiger partial charge in [0.2, 0.25) is 5.78 Å². The molecular weight excluding hydrogens is 342 g/mol. The minimum absolute atomic E-state index is 0.0680. The molecular formula is C22H29NO4. The number of hydrogen-bond acceptors (Lipinski definition) is 4. The zero-order valence-corrected chi connectivity index (χ0v) is 17.4. The van der Waals surface area contributed by atoms with Crippen LogP contribution in [-0.4, -0.2) is 29.5 Å². The Balaban J connectivity index is 2.33. The molecule has 0 unspecified atom stereocenters. The molecule has 146 valence electrons. The number of Topliss-reactive ketones (excluding diaryl/α,β-unsaturated/α-hetero) is 1. The van der Waals surface area contributed by atoms with E-state index in [-0.39, 0.29) is 12.4 Å². The van der Waals surface area contributed by atoms with Gasteiger partial charge in [-0.05, 0) is 76.8 Å². The third-order valence-corrected chi connectivity index (χ3v) is 4.95. The fourth-order valence-electron chi connectivity index (χ4n) is 3.53. The Hall–Kier alpha value is -2.56. The van der Waals surface area contributed by atoms with Crippen LogP contribution >= 0.6 is 0 Å². The number of esters is 1. The Morgan fingerprint density at radius 1 is 1.00 bits per heavy atom. The first-order valence-electron chi connectivity index (χ1n) is 9.33. The standard InChI is InChI=1S/C22H29NO4/c1-8-23-17(7)20(16(6)21(23)22(25)26-9-2)18(24)12-27-19-11-13(3)10-14(4)15(19)5/h10-11H,8-9,12H2,1-7H3. The van der Waals surface area contributed by atoms with Crippen LogP contribution in [0.2, 0.25) is 0 Å². The lowest BCUT2D eigenvalue weighted by atomic mass is 10.0. The molecule has 5 heteroatoms. The number of carbonyl (C=O) groups excluding carboxylic acids is 2. The Kier molecular flexibility index (Phi) is 6.47. The zero-order chi connectivity index (χ0) is 20.3. The van der Waals surface area contributed by atoms with Crippen molar-refractivity contribution in [1.29, 1.82) is 0 Å². The predicted molar refractivity (Wildman–Crippen MR) is 106 cm³/mol. The summed E-state index contributed by atoms with van der Waals surface area (Å²) in [7, 11) is 0. The number of ether oxygens (including phenoxy) is 2. The van der Waals surface area contributed by atoms with Crippen LogP contribution in [0.5, 0.6) is 5.75 Å². The third-order valence-electron chi connectivity index (χ3n) is 4.95.